The fraction of sp³-hybridized carbons (Fsp3) is 0.500. The summed E-state index contributed by atoms with van der Waals surface area (Å²) in [6.45, 7) is 8.12. The molecule has 5 heteroatoms. The summed E-state index contributed by atoms with van der Waals surface area (Å²) < 4.78 is 5.46. The van der Waals surface area contributed by atoms with Gasteiger partial charge in [0, 0.05) is 50.2 Å². The Morgan fingerprint density at radius 3 is 2.32 bits per heavy atom. The molecule has 0 unspecified atom stereocenters. The van der Waals surface area contributed by atoms with Crippen LogP contribution in [0.2, 0.25) is 0 Å². The maximum atomic E-state index is 5.46. The van der Waals surface area contributed by atoms with E-state index in [0.717, 1.165) is 56.5 Å². The fourth-order valence-corrected chi connectivity index (χ4v) is 3.79. The van der Waals surface area contributed by atoms with Crippen molar-refractivity contribution in [1.82, 2.24) is 14.9 Å². The summed E-state index contributed by atoms with van der Waals surface area (Å²) >= 11 is 0. The molecule has 0 radical (unpaired) electrons. The van der Waals surface area contributed by atoms with Crippen LogP contribution in [0.1, 0.15) is 31.4 Å². The lowest BCUT2D eigenvalue weighted by atomic mass is 10.0. The second-order valence-corrected chi connectivity index (χ2v) is 6.87. The van der Waals surface area contributed by atoms with Gasteiger partial charge in [0.05, 0.1) is 13.2 Å². The lowest BCUT2D eigenvalue weighted by Crippen LogP contribution is -2.37. The topological polar surface area (TPSA) is 41.5 Å². The van der Waals surface area contributed by atoms with E-state index in [4.69, 9.17) is 4.74 Å². The number of morpholine rings is 1. The van der Waals surface area contributed by atoms with Gasteiger partial charge in [0.2, 0.25) is 0 Å². The second kappa shape index (κ2) is 7.50. The van der Waals surface area contributed by atoms with Crippen molar-refractivity contribution >= 4 is 5.82 Å². The summed E-state index contributed by atoms with van der Waals surface area (Å²) in [6, 6.07) is 9.26. The molecule has 0 N–H and O–H groups in total. The normalized spacial score (nSPS) is 20.0. The van der Waals surface area contributed by atoms with E-state index in [1.807, 2.05) is 0 Å². The van der Waals surface area contributed by atoms with Gasteiger partial charge in [-0.2, -0.15) is 0 Å². The Kier molecular flexibility index (Phi) is 4.95. The highest BCUT2D eigenvalue weighted by Gasteiger charge is 2.20. The fourth-order valence-electron chi connectivity index (χ4n) is 3.79. The summed E-state index contributed by atoms with van der Waals surface area (Å²) in [5.41, 5.74) is 3.49. The molecule has 1 aromatic heterocycles. The van der Waals surface area contributed by atoms with Crippen LogP contribution in [0, 0.1) is 0 Å². The predicted octanol–water partition coefficient (Wildman–Crippen LogP) is 3.14. The number of anilines is 1. The van der Waals surface area contributed by atoms with Gasteiger partial charge in [-0.1, -0.05) is 24.3 Å². The van der Waals surface area contributed by atoms with E-state index in [-0.39, 0.29) is 0 Å². The predicted molar refractivity (Wildman–Crippen MR) is 99.7 cm³/mol. The van der Waals surface area contributed by atoms with Crippen LogP contribution in [-0.2, 0) is 4.74 Å². The van der Waals surface area contributed by atoms with Crippen molar-refractivity contribution in [3.05, 3.63) is 42.2 Å². The zero-order chi connectivity index (χ0) is 17.1. The highest BCUT2D eigenvalue weighted by molar-refractivity contribution is 5.72. The van der Waals surface area contributed by atoms with E-state index in [1.54, 1.807) is 12.4 Å². The van der Waals surface area contributed by atoms with E-state index in [2.05, 4.69) is 51.0 Å². The van der Waals surface area contributed by atoms with Crippen LogP contribution >= 0.6 is 0 Å². The molecule has 1 aromatic carbocycles. The van der Waals surface area contributed by atoms with Crippen LogP contribution in [0.4, 0.5) is 5.82 Å². The summed E-state index contributed by atoms with van der Waals surface area (Å²) in [4.78, 5) is 14.1. The molecule has 2 aromatic rings. The number of aromatic nitrogens is 2. The number of nitrogens with zero attached hydrogens (tertiary/aromatic N) is 4. The first-order valence-corrected chi connectivity index (χ1v) is 9.31. The van der Waals surface area contributed by atoms with E-state index < -0.39 is 0 Å². The molecule has 2 aliphatic rings. The van der Waals surface area contributed by atoms with Crippen LogP contribution in [0.3, 0.4) is 0 Å². The van der Waals surface area contributed by atoms with Crippen LogP contribution in [-0.4, -0.2) is 54.3 Å². The van der Waals surface area contributed by atoms with Crippen molar-refractivity contribution in [3.8, 4) is 11.3 Å². The standard InChI is InChI=1S/C20H26N4O/c1-16(23-12-14-25-15-13-23)17-4-6-18(7-5-17)19-20(22-9-8-21-19)24-10-2-3-11-24/h4-9,16H,2-3,10-15H2,1H3/t16-/m0/s1. The van der Waals surface area contributed by atoms with Crippen molar-refractivity contribution < 1.29 is 4.74 Å². The molecule has 25 heavy (non-hydrogen) atoms. The van der Waals surface area contributed by atoms with Crippen molar-refractivity contribution in [1.29, 1.82) is 0 Å². The largest absolute Gasteiger partial charge is 0.379 e. The molecule has 1 atom stereocenters. The molecule has 2 saturated heterocycles. The maximum Gasteiger partial charge on any atom is 0.155 e. The molecular formula is C20H26N4O. The number of ether oxygens (including phenoxy) is 1. The molecule has 2 fully saturated rings. The third kappa shape index (κ3) is 3.53. The van der Waals surface area contributed by atoms with Gasteiger partial charge in [0.25, 0.3) is 0 Å². The molecule has 0 spiro atoms. The molecule has 0 saturated carbocycles. The monoisotopic (exact) mass is 338 g/mol. The molecule has 0 bridgehead atoms. The zero-order valence-electron chi connectivity index (χ0n) is 14.9. The minimum absolute atomic E-state index is 0.415. The van der Waals surface area contributed by atoms with Gasteiger partial charge < -0.3 is 9.64 Å². The van der Waals surface area contributed by atoms with Gasteiger partial charge >= 0.3 is 0 Å². The molecule has 2 aliphatic heterocycles. The molecule has 0 amide bonds. The van der Waals surface area contributed by atoms with Gasteiger partial charge in [-0.25, -0.2) is 4.98 Å². The summed E-state index contributed by atoms with van der Waals surface area (Å²) in [5.74, 6) is 1.02. The van der Waals surface area contributed by atoms with Crippen molar-refractivity contribution in [2.45, 2.75) is 25.8 Å². The molecule has 5 nitrogen and oxygen atoms in total. The maximum absolute atomic E-state index is 5.46. The minimum atomic E-state index is 0.415. The van der Waals surface area contributed by atoms with Crippen molar-refractivity contribution in [2.75, 3.05) is 44.3 Å². The van der Waals surface area contributed by atoms with Gasteiger partial charge in [-0.05, 0) is 25.3 Å². The molecule has 4 rings (SSSR count). The van der Waals surface area contributed by atoms with Crippen molar-refractivity contribution in [2.24, 2.45) is 0 Å². The lowest BCUT2D eigenvalue weighted by Gasteiger charge is -2.32. The Balaban J connectivity index is 1.56. The quantitative estimate of drug-likeness (QED) is 0.857. The van der Waals surface area contributed by atoms with Crippen LogP contribution in [0.25, 0.3) is 11.3 Å². The SMILES string of the molecule is C[C@@H](c1ccc(-c2nccnc2N2CCCC2)cc1)N1CCOCC1. The molecule has 132 valence electrons. The number of hydrogen-bond acceptors (Lipinski definition) is 5. The zero-order valence-corrected chi connectivity index (χ0v) is 14.9. The average Bonchev–Trinajstić information content (AvgIpc) is 3.23. The first-order valence-electron chi connectivity index (χ1n) is 9.31. The van der Waals surface area contributed by atoms with Crippen LogP contribution in [0.15, 0.2) is 36.7 Å². The summed E-state index contributed by atoms with van der Waals surface area (Å²) in [7, 11) is 0. The first kappa shape index (κ1) is 16.5. The molecule has 0 aliphatic carbocycles. The van der Waals surface area contributed by atoms with E-state index in [1.165, 1.54) is 18.4 Å². The third-order valence-corrected chi connectivity index (χ3v) is 5.34. The Labute approximate surface area is 149 Å². The second-order valence-electron chi connectivity index (χ2n) is 6.87. The first-order chi connectivity index (χ1) is 12.3. The van der Waals surface area contributed by atoms with Gasteiger partial charge in [-0.3, -0.25) is 9.88 Å². The smallest absolute Gasteiger partial charge is 0.155 e. The van der Waals surface area contributed by atoms with Gasteiger partial charge in [0.1, 0.15) is 5.69 Å². The van der Waals surface area contributed by atoms with Crippen LogP contribution in [0.5, 0.6) is 0 Å². The van der Waals surface area contributed by atoms with Crippen molar-refractivity contribution in [3.63, 3.8) is 0 Å². The Morgan fingerprint density at radius 1 is 0.920 bits per heavy atom. The lowest BCUT2D eigenvalue weighted by molar-refractivity contribution is 0.0198. The highest BCUT2D eigenvalue weighted by Crippen LogP contribution is 2.30. The Bertz CT molecular complexity index is 691. The van der Waals surface area contributed by atoms with Crippen LogP contribution < -0.4 is 4.90 Å². The number of rotatable bonds is 4. The summed E-state index contributed by atoms with van der Waals surface area (Å²) in [6.07, 6.45) is 6.07. The third-order valence-electron chi connectivity index (χ3n) is 5.34. The van der Waals surface area contributed by atoms with E-state index in [9.17, 15) is 0 Å². The number of hydrogen-bond donors (Lipinski definition) is 0. The Hall–Kier alpha value is -1.98. The minimum Gasteiger partial charge on any atom is -0.379 e. The van der Waals surface area contributed by atoms with Gasteiger partial charge in [-0.15, -0.1) is 0 Å². The average molecular weight is 338 g/mol. The van der Waals surface area contributed by atoms with E-state index >= 15 is 0 Å². The van der Waals surface area contributed by atoms with Gasteiger partial charge in [0.15, 0.2) is 5.82 Å². The highest BCUT2D eigenvalue weighted by atomic mass is 16.5. The van der Waals surface area contributed by atoms with E-state index in [0.29, 0.717) is 6.04 Å². The molecule has 3 heterocycles. The number of benzene rings is 1. The summed E-state index contributed by atoms with van der Waals surface area (Å²) in [5, 5.41) is 0. The molecular weight excluding hydrogens is 312 g/mol. The Morgan fingerprint density at radius 2 is 1.60 bits per heavy atom.